The summed E-state index contributed by atoms with van der Waals surface area (Å²) in [6.07, 6.45) is 4.03. The number of nitrogen functional groups attached to an aromatic ring is 1. The van der Waals surface area contributed by atoms with Crippen LogP contribution < -0.4 is 11.1 Å². The van der Waals surface area contributed by atoms with E-state index in [1.54, 1.807) is 25.4 Å². The van der Waals surface area contributed by atoms with E-state index in [9.17, 15) is 9.59 Å². The van der Waals surface area contributed by atoms with E-state index in [4.69, 9.17) is 10.5 Å². The van der Waals surface area contributed by atoms with Crippen molar-refractivity contribution in [1.82, 2.24) is 15.2 Å². The van der Waals surface area contributed by atoms with Gasteiger partial charge in [0.15, 0.2) is 0 Å². The number of carbonyl (C=O) groups is 2. The molecule has 1 aliphatic heterocycles. The van der Waals surface area contributed by atoms with Gasteiger partial charge in [-0.05, 0) is 48.4 Å². The third-order valence-corrected chi connectivity index (χ3v) is 6.85. The van der Waals surface area contributed by atoms with Crippen LogP contribution in [0, 0.1) is 0 Å². The third-order valence-electron chi connectivity index (χ3n) is 5.64. The minimum Gasteiger partial charge on any atom is -0.383 e. The fourth-order valence-corrected chi connectivity index (χ4v) is 5.28. The van der Waals surface area contributed by atoms with E-state index >= 15 is 0 Å². The summed E-state index contributed by atoms with van der Waals surface area (Å²) in [5, 5.41) is 4.01. The molecule has 3 heterocycles. The Morgan fingerprint density at radius 2 is 2.13 bits per heavy atom. The SMILES string of the molecule is COCCNC(=O)c1sc2ccccc2c1C[C@H]1CCCN1C(=O)c1cccnc1N. The predicted molar refractivity (Wildman–Crippen MR) is 122 cm³/mol. The van der Waals surface area contributed by atoms with Gasteiger partial charge in [-0.1, -0.05) is 18.2 Å². The molecule has 3 aromatic rings. The molecule has 4 rings (SSSR count). The zero-order chi connectivity index (χ0) is 21.8. The fourth-order valence-electron chi connectivity index (χ4n) is 4.14. The van der Waals surface area contributed by atoms with Gasteiger partial charge in [0.05, 0.1) is 17.0 Å². The second kappa shape index (κ2) is 9.45. The van der Waals surface area contributed by atoms with E-state index in [0.717, 1.165) is 28.5 Å². The number of hydrogen-bond donors (Lipinski definition) is 2. The average Bonchev–Trinajstić information content (AvgIpc) is 3.39. The van der Waals surface area contributed by atoms with Crippen LogP contribution in [0.25, 0.3) is 10.1 Å². The molecule has 2 amide bonds. The first kappa shape index (κ1) is 21.3. The van der Waals surface area contributed by atoms with E-state index in [0.29, 0.717) is 36.6 Å². The highest BCUT2D eigenvalue weighted by molar-refractivity contribution is 7.21. The lowest BCUT2D eigenvalue weighted by Crippen LogP contribution is -2.37. The molecule has 0 aliphatic carbocycles. The first-order chi connectivity index (χ1) is 15.1. The van der Waals surface area contributed by atoms with Crippen LogP contribution in [0.15, 0.2) is 42.6 Å². The monoisotopic (exact) mass is 438 g/mol. The van der Waals surface area contributed by atoms with Crippen LogP contribution in [0.3, 0.4) is 0 Å². The molecular formula is C23H26N4O3S. The highest BCUT2D eigenvalue weighted by Gasteiger charge is 2.32. The summed E-state index contributed by atoms with van der Waals surface area (Å²) in [5.74, 6) is 0.0525. The van der Waals surface area contributed by atoms with Crippen LogP contribution in [-0.4, -0.2) is 54.5 Å². The Kier molecular flexibility index (Phi) is 6.48. The van der Waals surface area contributed by atoms with E-state index in [1.807, 2.05) is 29.2 Å². The Morgan fingerprint density at radius 3 is 2.94 bits per heavy atom. The van der Waals surface area contributed by atoms with Crippen molar-refractivity contribution in [2.45, 2.75) is 25.3 Å². The summed E-state index contributed by atoms with van der Waals surface area (Å²) in [6, 6.07) is 11.5. The van der Waals surface area contributed by atoms with Crippen LogP contribution in [0.2, 0.25) is 0 Å². The van der Waals surface area contributed by atoms with Gasteiger partial charge in [0.1, 0.15) is 5.82 Å². The van der Waals surface area contributed by atoms with Gasteiger partial charge in [-0.25, -0.2) is 4.98 Å². The number of pyridine rings is 1. The molecule has 8 heteroatoms. The molecule has 0 saturated carbocycles. The van der Waals surface area contributed by atoms with E-state index in [2.05, 4.69) is 10.3 Å². The number of likely N-dealkylation sites (tertiary alicyclic amines) is 1. The maximum Gasteiger partial charge on any atom is 0.261 e. The Labute approximate surface area is 185 Å². The Bertz CT molecular complexity index is 1100. The molecule has 1 aromatic carbocycles. The number of benzene rings is 1. The van der Waals surface area contributed by atoms with Gasteiger partial charge in [0.25, 0.3) is 11.8 Å². The first-order valence-electron chi connectivity index (χ1n) is 10.4. The number of thiophene rings is 1. The molecular weight excluding hydrogens is 412 g/mol. The molecule has 1 atom stereocenters. The van der Waals surface area contributed by atoms with Crippen molar-refractivity contribution in [2.75, 3.05) is 32.5 Å². The maximum absolute atomic E-state index is 13.2. The zero-order valence-electron chi connectivity index (χ0n) is 17.5. The first-order valence-corrected chi connectivity index (χ1v) is 11.2. The van der Waals surface area contributed by atoms with Crippen LogP contribution in [0.4, 0.5) is 5.82 Å². The number of anilines is 1. The number of fused-ring (bicyclic) bond motifs is 1. The molecule has 2 aromatic heterocycles. The van der Waals surface area contributed by atoms with Crippen molar-refractivity contribution in [3.05, 3.63) is 58.6 Å². The fraction of sp³-hybridized carbons (Fsp3) is 0.348. The average molecular weight is 439 g/mol. The van der Waals surface area contributed by atoms with Gasteiger partial charge in [-0.15, -0.1) is 11.3 Å². The van der Waals surface area contributed by atoms with Crippen LogP contribution >= 0.6 is 11.3 Å². The molecule has 0 unspecified atom stereocenters. The van der Waals surface area contributed by atoms with Crippen molar-refractivity contribution in [1.29, 1.82) is 0 Å². The predicted octanol–water partition coefficient (Wildman–Crippen LogP) is 3.10. The third kappa shape index (κ3) is 4.40. The van der Waals surface area contributed by atoms with Crippen molar-refractivity contribution in [2.24, 2.45) is 0 Å². The van der Waals surface area contributed by atoms with E-state index in [1.165, 1.54) is 11.3 Å². The van der Waals surface area contributed by atoms with Crippen LogP contribution in [-0.2, 0) is 11.2 Å². The van der Waals surface area contributed by atoms with Crippen molar-refractivity contribution in [3.63, 3.8) is 0 Å². The van der Waals surface area contributed by atoms with Gasteiger partial charge in [0.2, 0.25) is 0 Å². The lowest BCUT2D eigenvalue weighted by Gasteiger charge is -2.25. The summed E-state index contributed by atoms with van der Waals surface area (Å²) in [7, 11) is 1.61. The van der Waals surface area contributed by atoms with Crippen molar-refractivity contribution >= 4 is 39.1 Å². The number of amides is 2. The minimum atomic E-state index is -0.0984. The van der Waals surface area contributed by atoms with Gasteiger partial charge in [-0.3, -0.25) is 9.59 Å². The Morgan fingerprint density at radius 1 is 1.29 bits per heavy atom. The molecule has 0 spiro atoms. The summed E-state index contributed by atoms with van der Waals surface area (Å²) >= 11 is 1.50. The Balaban J connectivity index is 1.62. The number of aromatic nitrogens is 1. The maximum atomic E-state index is 13.2. The molecule has 162 valence electrons. The number of nitrogens with one attached hydrogen (secondary N) is 1. The molecule has 0 radical (unpaired) electrons. The number of rotatable bonds is 7. The number of ether oxygens (including phenoxy) is 1. The number of hydrogen-bond acceptors (Lipinski definition) is 6. The topological polar surface area (TPSA) is 97.5 Å². The summed E-state index contributed by atoms with van der Waals surface area (Å²) in [4.78, 5) is 32.7. The molecule has 1 saturated heterocycles. The number of methoxy groups -OCH3 is 1. The van der Waals surface area contributed by atoms with E-state index < -0.39 is 0 Å². The van der Waals surface area contributed by atoms with Gasteiger partial charge in [-0.2, -0.15) is 0 Å². The Hall–Kier alpha value is -2.97. The lowest BCUT2D eigenvalue weighted by atomic mass is 10.00. The zero-order valence-corrected chi connectivity index (χ0v) is 18.3. The number of carbonyl (C=O) groups excluding carboxylic acids is 2. The van der Waals surface area contributed by atoms with E-state index in [-0.39, 0.29) is 23.7 Å². The molecule has 1 fully saturated rings. The summed E-state index contributed by atoms with van der Waals surface area (Å²) in [6.45, 7) is 1.59. The summed E-state index contributed by atoms with van der Waals surface area (Å²) < 4.78 is 6.12. The second-order valence-electron chi connectivity index (χ2n) is 7.59. The smallest absolute Gasteiger partial charge is 0.261 e. The largest absolute Gasteiger partial charge is 0.383 e. The summed E-state index contributed by atoms with van der Waals surface area (Å²) in [5.41, 5.74) is 7.38. The molecule has 0 bridgehead atoms. The number of nitrogens with zero attached hydrogens (tertiary/aromatic N) is 2. The lowest BCUT2D eigenvalue weighted by molar-refractivity contribution is 0.0737. The molecule has 3 N–H and O–H groups in total. The van der Waals surface area contributed by atoms with Crippen LogP contribution in [0.1, 0.15) is 38.4 Å². The molecule has 31 heavy (non-hydrogen) atoms. The normalized spacial score (nSPS) is 16.0. The van der Waals surface area contributed by atoms with Crippen molar-refractivity contribution in [3.8, 4) is 0 Å². The number of nitrogens with two attached hydrogens (primary N) is 1. The highest BCUT2D eigenvalue weighted by atomic mass is 32.1. The molecule has 1 aliphatic rings. The van der Waals surface area contributed by atoms with Crippen LogP contribution in [0.5, 0.6) is 0 Å². The van der Waals surface area contributed by atoms with Gasteiger partial charge >= 0.3 is 0 Å². The standard InChI is InChI=1S/C23H26N4O3S/c1-30-13-11-26-22(28)20-18(16-7-2-3-9-19(16)31-20)14-15-6-5-12-27(15)23(29)17-8-4-10-25-21(17)24/h2-4,7-10,15H,5-6,11-14H2,1H3,(H2,24,25)(H,26,28)/t15-/m1/s1. The van der Waals surface area contributed by atoms with Gasteiger partial charge in [0, 0.05) is 37.1 Å². The van der Waals surface area contributed by atoms with Crippen molar-refractivity contribution < 1.29 is 14.3 Å². The minimum absolute atomic E-state index is 0.00985. The van der Waals surface area contributed by atoms with Gasteiger partial charge < -0.3 is 20.7 Å². The molecule has 7 nitrogen and oxygen atoms in total. The quantitative estimate of drug-likeness (QED) is 0.553. The second-order valence-corrected chi connectivity index (χ2v) is 8.64. The highest BCUT2D eigenvalue weighted by Crippen LogP contribution is 2.35.